The smallest absolute Gasteiger partial charge is 0.288 e. The van der Waals surface area contributed by atoms with Crippen molar-refractivity contribution >= 4 is 50.7 Å². The maximum absolute atomic E-state index is 12.9. The first-order valence-corrected chi connectivity index (χ1v) is 11.3. The van der Waals surface area contributed by atoms with Crippen LogP contribution in [0.1, 0.15) is 12.7 Å². The second-order valence-electron chi connectivity index (χ2n) is 7.02. The lowest BCUT2D eigenvalue weighted by atomic mass is 10.1. The molecule has 0 spiro atoms. The number of nitrogens with zero attached hydrogens (tertiary/aromatic N) is 3. The van der Waals surface area contributed by atoms with Crippen molar-refractivity contribution < 1.29 is 22.6 Å². The van der Waals surface area contributed by atoms with Gasteiger partial charge >= 0.3 is 0 Å². The van der Waals surface area contributed by atoms with Crippen LogP contribution < -0.4 is 10.1 Å². The molecule has 1 aliphatic heterocycles. The molecule has 2 heterocycles. The first kappa shape index (κ1) is 22.4. The molecule has 1 aromatic heterocycles. The van der Waals surface area contributed by atoms with Crippen molar-refractivity contribution in [1.82, 2.24) is 0 Å². The Balaban J connectivity index is 1.60. The Morgan fingerprint density at radius 3 is 2.48 bits per heavy atom. The van der Waals surface area contributed by atoms with Crippen LogP contribution in [-0.2, 0) is 14.8 Å². The summed E-state index contributed by atoms with van der Waals surface area (Å²) >= 11 is 5.85. The summed E-state index contributed by atoms with van der Waals surface area (Å²) in [5, 5.41) is 21.6. The predicted molar refractivity (Wildman–Crippen MR) is 122 cm³/mol. The molecule has 0 aliphatic carbocycles. The Morgan fingerprint density at radius 2 is 1.85 bits per heavy atom. The number of amides is 1. The number of nitrogens with two attached hydrogens (primary N) is 1. The number of primary sulfonamides is 1. The number of hydrogen-bond acceptors (Lipinski definition) is 7. The van der Waals surface area contributed by atoms with E-state index >= 15 is 0 Å². The van der Waals surface area contributed by atoms with Crippen molar-refractivity contribution in [3.63, 3.8) is 0 Å². The molecule has 0 atom stereocenters. The van der Waals surface area contributed by atoms with Crippen molar-refractivity contribution in [3.8, 4) is 11.3 Å². The number of halogens is 1. The number of hydrogen-bond donors (Lipinski definition) is 1. The highest BCUT2D eigenvalue weighted by Crippen LogP contribution is 2.32. The van der Waals surface area contributed by atoms with E-state index < -0.39 is 20.9 Å². The van der Waals surface area contributed by atoms with Crippen molar-refractivity contribution in [1.29, 1.82) is 0 Å². The molecule has 10 nitrogen and oxygen atoms in total. The summed E-state index contributed by atoms with van der Waals surface area (Å²) in [6, 6.07) is 13.0. The van der Waals surface area contributed by atoms with Gasteiger partial charge in [-0.15, -0.1) is 0 Å². The van der Waals surface area contributed by atoms with Gasteiger partial charge in [0.1, 0.15) is 16.5 Å². The normalized spacial score (nSPS) is 15.2. The fourth-order valence-electron chi connectivity index (χ4n) is 3.17. The van der Waals surface area contributed by atoms with Gasteiger partial charge in [0, 0.05) is 11.6 Å². The maximum atomic E-state index is 12.9. The molecule has 3 aromatic rings. The summed E-state index contributed by atoms with van der Waals surface area (Å²) in [7, 11) is -3.86. The van der Waals surface area contributed by atoms with Gasteiger partial charge in [0.05, 0.1) is 26.8 Å². The molecule has 2 N–H and O–H groups in total. The van der Waals surface area contributed by atoms with Crippen LogP contribution in [0, 0.1) is 10.1 Å². The summed E-state index contributed by atoms with van der Waals surface area (Å²) in [5.74, 6) is 0.264. The van der Waals surface area contributed by atoms with Crippen LogP contribution in [-0.4, -0.2) is 25.0 Å². The summed E-state index contributed by atoms with van der Waals surface area (Å²) in [4.78, 5) is 23.4. The van der Waals surface area contributed by atoms with Gasteiger partial charge in [-0.1, -0.05) is 11.6 Å². The number of carbonyl (C=O) groups excluding carboxylic acids is 1. The first-order valence-electron chi connectivity index (χ1n) is 9.33. The van der Waals surface area contributed by atoms with Gasteiger partial charge < -0.3 is 4.42 Å². The minimum absolute atomic E-state index is 0.0122. The number of nitro benzene ring substituents is 1. The van der Waals surface area contributed by atoms with Crippen molar-refractivity contribution in [2.45, 2.75) is 11.8 Å². The Morgan fingerprint density at radius 1 is 1.15 bits per heavy atom. The van der Waals surface area contributed by atoms with Gasteiger partial charge in [-0.05, 0) is 61.5 Å². The third kappa shape index (κ3) is 4.42. The van der Waals surface area contributed by atoms with E-state index in [1.807, 2.05) is 0 Å². The molecule has 1 amide bonds. The first-order chi connectivity index (χ1) is 15.5. The van der Waals surface area contributed by atoms with Crippen LogP contribution in [0.15, 0.2) is 74.6 Å². The quantitative estimate of drug-likeness (QED) is 0.327. The van der Waals surface area contributed by atoms with Gasteiger partial charge in [-0.25, -0.2) is 13.6 Å². The van der Waals surface area contributed by atoms with Crippen molar-refractivity contribution in [2.75, 3.05) is 5.01 Å². The molecule has 0 saturated heterocycles. The van der Waals surface area contributed by atoms with E-state index in [4.69, 9.17) is 21.2 Å². The number of hydrazone groups is 1. The van der Waals surface area contributed by atoms with E-state index in [0.717, 1.165) is 5.01 Å². The number of rotatable bonds is 5. The predicted octanol–water partition coefficient (Wildman–Crippen LogP) is 3.96. The van der Waals surface area contributed by atoms with Crippen LogP contribution in [0.3, 0.4) is 0 Å². The van der Waals surface area contributed by atoms with Gasteiger partial charge in [0.15, 0.2) is 0 Å². The second kappa shape index (κ2) is 8.28. The van der Waals surface area contributed by atoms with Gasteiger partial charge in [0.25, 0.3) is 11.6 Å². The number of nitro groups is 1. The molecule has 12 heteroatoms. The highest BCUT2D eigenvalue weighted by molar-refractivity contribution is 7.89. The lowest BCUT2D eigenvalue weighted by molar-refractivity contribution is -0.384. The Hall–Kier alpha value is -3.80. The minimum atomic E-state index is -3.86. The molecule has 0 unspecified atom stereocenters. The molecular formula is C21H15ClN4O6S. The molecule has 33 heavy (non-hydrogen) atoms. The third-order valence-corrected chi connectivity index (χ3v) is 6.06. The van der Waals surface area contributed by atoms with E-state index in [1.165, 1.54) is 42.5 Å². The summed E-state index contributed by atoms with van der Waals surface area (Å²) < 4.78 is 28.6. The van der Waals surface area contributed by atoms with Gasteiger partial charge in [-0.3, -0.25) is 14.9 Å². The zero-order chi connectivity index (χ0) is 23.9. The van der Waals surface area contributed by atoms with Crippen LogP contribution in [0.25, 0.3) is 17.4 Å². The summed E-state index contributed by atoms with van der Waals surface area (Å²) in [6.45, 7) is 1.65. The molecular weight excluding hydrogens is 472 g/mol. The number of benzene rings is 2. The molecule has 0 radical (unpaired) electrons. The van der Waals surface area contributed by atoms with Crippen LogP contribution in [0.2, 0.25) is 5.02 Å². The zero-order valence-electron chi connectivity index (χ0n) is 16.9. The summed E-state index contributed by atoms with van der Waals surface area (Å²) in [5.41, 5.74) is 1.27. The van der Waals surface area contributed by atoms with Crippen molar-refractivity contribution in [3.05, 3.63) is 81.1 Å². The fourth-order valence-corrected chi connectivity index (χ4v) is 3.87. The van der Waals surface area contributed by atoms with Crippen molar-refractivity contribution in [2.24, 2.45) is 10.2 Å². The van der Waals surface area contributed by atoms with Gasteiger partial charge in [-0.2, -0.15) is 10.1 Å². The fraction of sp³-hybridized carbons (Fsp3) is 0.0476. The second-order valence-corrected chi connectivity index (χ2v) is 8.99. The Labute approximate surface area is 192 Å². The Bertz CT molecular complexity index is 1460. The summed E-state index contributed by atoms with van der Waals surface area (Å²) in [6.07, 6.45) is 1.51. The number of carbonyl (C=O) groups is 1. The Kier molecular flexibility index (Phi) is 5.62. The van der Waals surface area contributed by atoms with Crippen LogP contribution in [0.5, 0.6) is 0 Å². The molecule has 0 fully saturated rings. The molecule has 1 aliphatic rings. The van der Waals surface area contributed by atoms with Crippen LogP contribution >= 0.6 is 11.6 Å². The molecule has 0 bridgehead atoms. The standard InChI is InChI=1S/C21H15ClN4O6S/c1-12-17(21(27)25(24-12)14-3-6-16(7-4-14)33(23,30)31)11-15-5-9-20(32-15)13-2-8-18(22)19(10-13)26(28)29/h2-11H,1H3,(H2,23,30,31). The van der Waals surface area contributed by atoms with E-state index in [2.05, 4.69) is 5.10 Å². The molecule has 168 valence electrons. The lowest BCUT2D eigenvalue weighted by Crippen LogP contribution is -2.21. The zero-order valence-corrected chi connectivity index (χ0v) is 18.5. The highest BCUT2D eigenvalue weighted by Gasteiger charge is 2.29. The molecule has 4 rings (SSSR count). The average molecular weight is 487 g/mol. The van der Waals surface area contributed by atoms with E-state index in [9.17, 15) is 23.3 Å². The third-order valence-electron chi connectivity index (χ3n) is 4.81. The lowest BCUT2D eigenvalue weighted by Gasteiger charge is -2.11. The monoisotopic (exact) mass is 486 g/mol. The van der Waals surface area contributed by atoms with Crippen LogP contribution in [0.4, 0.5) is 11.4 Å². The molecule has 2 aromatic carbocycles. The average Bonchev–Trinajstić information content (AvgIpc) is 3.33. The SMILES string of the molecule is CC1=NN(c2ccc(S(N)(=O)=O)cc2)C(=O)C1=Cc1ccc(-c2ccc(Cl)c([N+](=O)[O-])c2)o1. The van der Waals surface area contributed by atoms with Gasteiger partial charge in [0.2, 0.25) is 10.0 Å². The van der Waals surface area contributed by atoms with E-state index in [-0.39, 0.29) is 21.2 Å². The topological polar surface area (TPSA) is 149 Å². The maximum Gasteiger partial charge on any atom is 0.288 e. The number of sulfonamides is 1. The number of furan rings is 1. The van der Waals surface area contributed by atoms with E-state index in [0.29, 0.717) is 28.5 Å². The number of anilines is 1. The largest absolute Gasteiger partial charge is 0.457 e. The minimum Gasteiger partial charge on any atom is -0.457 e. The van der Waals surface area contributed by atoms with E-state index in [1.54, 1.807) is 25.1 Å². The highest BCUT2D eigenvalue weighted by atomic mass is 35.5. The molecule has 0 saturated carbocycles.